The topological polar surface area (TPSA) is 103 Å². The molecule has 0 aromatic heterocycles. The molecule has 0 unspecified atom stereocenters. The number of carbonyl (C=O) groups excluding carboxylic acids is 1. The Kier molecular flexibility index (Phi) is 6.86. The molecule has 3 rings (SSSR count). The molecule has 2 aromatic carbocycles. The van der Waals surface area contributed by atoms with Crippen molar-refractivity contribution < 1.29 is 19.2 Å². The van der Waals surface area contributed by atoms with Crippen LogP contribution >= 0.6 is 12.2 Å². The monoisotopic (exact) mass is 441 g/mol. The zero-order valence-corrected chi connectivity index (χ0v) is 18.2. The lowest BCUT2D eigenvalue weighted by Crippen LogP contribution is -2.44. The molecule has 2 aromatic rings. The van der Waals surface area contributed by atoms with E-state index in [1.54, 1.807) is 13.0 Å². The summed E-state index contributed by atoms with van der Waals surface area (Å²) in [7, 11) is 0. The Labute approximate surface area is 185 Å². The number of ketones is 1. The quantitative estimate of drug-likeness (QED) is 0.361. The van der Waals surface area contributed by atoms with E-state index in [-0.39, 0.29) is 34.5 Å². The van der Waals surface area contributed by atoms with Crippen molar-refractivity contribution in [3.63, 3.8) is 0 Å². The van der Waals surface area contributed by atoms with Gasteiger partial charge in [0.15, 0.2) is 22.4 Å². The van der Waals surface area contributed by atoms with Gasteiger partial charge >= 0.3 is 0 Å². The van der Waals surface area contributed by atoms with Gasteiger partial charge in [0, 0.05) is 11.3 Å². The van der Waals surface area contributed by atoms with Crippen molar-refractivity contribution in [2.45, 2.75) is 33.4 Å². The molecule has 8 nitrogen and oxygen atoms in total. The van der Waals surface area contributed by atoms with Gasteiger partial charge < -0.3 is 20.1 Å². The van der Waals surface area contributed by atoms with E-state index in [1.807, 2.05) is 37.3 Å². The van der Waals surface area contributed by atoms with Crippen molar-refractivity contribution in [1.82, 2.24) is 10.6 Å². The van der Waals surface area contributed by atoms with E-state index in [9.17, 15) is 14.9 Å². The number of ether oxygens (including phenoxy) is 2. The predicted molar refractivity (Wildman–Crippen MR) is 120 cm³/mol. The molecule has 1 aliphatic rings. The van der Waals surface area contributed by atoms with E-state index in [0.717, 1.165) is 5.56 Å². The molecule has 0 fully saturated rings. The number of carbonyl (C=O) groups is 1. The molecule has 0 radical (unpaired) electrons. The highest BCUT2D eigenvalue weighted by molar-refractivity contribution is 7.80. The summed E-state index contributed by atoms with van der Waals surface area (Å²) < 4.78 is 11.6. The maximum atomic E-state index is 12.3. The Morgan fingerprint density at radius 3 is 2.48 bits per heavy atom. The van der Waals surface area contributed by atoms with E-state index >= 15 is 0 Å². The van der Waals surface area contributed by atoms with Gasteiger partial charge in [-0.05, 0) is 44.6 Å². The first-order valence-electron chi connectivity index (χ1n) is 9.72. The number of nitro groups is 1. The Morgan fingerprint density at radius 1 is 1.19 bits per heavy atom. The van der Waals surface area contributed by atoms with Crippen molar-refractivity contribution in [2.24, 2.45) is 0 Å². The number of hydrogen-bond acceptors (Lipinski definition) is 6. The summed E-state index contributed by atoms with van der Waals surface area (Å²) in [6, 6.07) is 11.6. The lowest BCUT2D eigenvalue weighted by molar-refractivity contribution is -0.385. The van der Waals surface area contributed by atoms with Gasteiger partial charge in [-0.2, -0.15) is 0 Å². The van der Waals surface area contributed by atoms with Crippen LogP contribution in [-0.4, -0.2) is 22.4 Å². The van der Waals surface area contributed by atoms with Crippen LogP contribution in [0.3, 0.4) is 0 Å². The van der Waals surface area contributed by atoms with Crippen molar-refractivity contribution in [3.05, 3.63) is 75.0 Å². The number of thiocarbonyl (C=S) groups is 1. The molecule has 0 saturated heterocycles. The summed E-state index contributed by atoms with van der Waals surface area (Å²) in [5.74, 6) is 0.384. The third-order valence-corrected chi connectivity index (χ3v) is 5.01. The molecule has 0 saturated carbocycles. The van der Waals surface area contributed by atoms with Gasteiger partial charge in [0.25, 0.3) is 5.69 Å². The Morgan fingerprint density at radius 2 is 1.87 bits per heavy atom. The summed E-state index contributed by atoms with van der Waals surface area (Å²) in [5.41, 5.74) is 1.92. The Balaban J connectivity index is 2.09. The molecule has 31 heavy (non-hydrogen) atoms. The highest BCUT2D eigenvalue weighted by atomic mass is 32.1. The molecular formula is C22H23N3O5S. The molecule has 0 spiro atoms. The molecule has 162 valence electrons. The van der Waals surface area contributed by atoms with Crippen LogP contribution in [0.1, 0.15) is 37.9 Å². The fourth-order valence-corrected chi connectivity index (χ4v) is 3.74. The third kappa shape index (κ3) is 5.00. The SMILES string of the molecule is CCOc1cc([C@@H]2NC(=S)NC(C)=C2C(C)=O)c([N+](=O)[O-])cc1OCc1ccccc1. The molecule has 0 aliphatic carbocycles. The van der Waals surface area contributed by atoms with E-state index < -0.39 is 11.0 Å². The van der Waals surface area contributed by atoms with Gasteiger partial charge in [-0.1, -0.05) is 30.3 Å². The smallest absolute Gasteiger partial charge is 0.279 e. The van der Waals surface area contributed by atoms with E-state index in [4.69, 9.17) is 21.7 Å². The average Bonchev–Trinajstić information content (AvgIpc) is 2.72. The van der Waals surface area contributed by atoms with Crippen LogP contribution in [0.15, 0.2) is 53.7 Å². The average molecular weight is 442 g/mol. The lowest BCUT2D eigenvalue weighted by Gasteiger charge is -2.30. The minimum absolute atomic E-state index is 0.194. The van der Waals surface area contributed by atoms with Crippen LogP contribution in [0.2, 0.25) is 0 Å². The first kappa shape index (κ1) is 22.2. The molecule has 0 amide bonds. The highest BCUT2D eigenvalue weighted by Crippen LogP contribution is 2.41. The zero-order chi connectivity index (χ0) is 22.5. The van der Waals surface area contributed by atoms with Crippen LogP contribution < -0.4 is 20.1 Å². The van der Waals surface area contributed by atoms with Crippen LogP contribution in [0.25, 0.3) is 0 Å². The highest BCUT2D eigenvalue weighted by Gasteiger charge is 2.34. The maximum Gasteiger partial charge on any atom is 0.279 e. The largest absolute Gasteiger partial charge is 0.490 e. The Hall–Kier alpha value is -3.46. The lowest BCUT2D eigenvalue weighted by atomic mass is 9.91. The summed E-state index contributed by atoms with van der Waals surface area (Å²) in [4.78, 5) is 23.7. The molecule has 9 heteroatoms. The van der Waals surface area contributed by atoms with Gasteiger partial charge in [0.2, 0.25) is 0 Å². The fourth-order valence-electron chi connectivity index (χ4n) is 3.46. The summed E-state index contributed by atoms with van der Waals surface area (Å²) in [6.07, 6.45) is 0. The van der Waals surface area contributed by atoms with Crippen molar-refractivity contribution in [1.29, 1.82) is 0 Å². The van der Waals surface area contributed by atoms with Gasteiger partial charge in [0.05, 0.1) is 29.2 Å². The second-order valence-electron chi connectivity index (χ2n) is 6.95. The molecule has 2 N–H and O–H groups in total. The molecule has 1 atom stereocenters. The van der Waals surface area contributed by atoms with Gasteiger partial charge in [-0.15, -0.1) is 0 Å². The van der Waals surface area contributed by atoms with Crippen LogP contribution in [0.4, 0.5) is 5.69 Å². The minimum Gasteiger partial charge on any atom is -0.490 e. The maximum absolute atomic E-state index is 12.3. The van der Waals surface area contributed by atoms with Crippen LogP contribution in [0, 0.1) is 10.1 Å². The minimum atomic E-state index is -0.783. The van der Waals surface area contributed by atoms with Gasteiger partial charge in [0.1, 0.15) is 6.61 Å². The van der Waals surface area contributed by atoms with Crippen LogP contribution in [0.5, 0.6) is 11.5 Å². The number of rotatable bonds is 8. The number of nitrogens with one attached hydrogen (secondary N) is 2. The van der Waals surface area contributed by atoms with Crippen molar-refractivity contribution in [3.8, 4) is 11.5 Å². The third-order valence-electron chi connectivity index (χ3n) is 4.79. The second-order valence-corrected chi connectivity index (χ2v) is 7.36. The number of nitro benzene ring substituents is 1. The molecule has 1 heterocycles. The second kappa shape index (κ2) is 9.57. The standard InChI is InChI=1S/C22H23N3O5S/c1-4-29-18-10-16(21-20(14(3)26)13(2)23-22(31)24-21)17(25(27)28)11-19(18)30-12-15-8-6-5-7-9-15/h5-11,21H,4,12H2,1-3H3,(H2,23,24,31)/t21-/m0/s1. The van der Waals surface area contributed by atoms with Crippen molar-refractivity contribution >= 4 is 28.8 Å². The summed E-state index contributed by atoms with van der Waals surface area (Å²) in [5, 5.41) is 18.1. The first-order chi connectivity index (χ1) is 14.8. The number of allylic oxidation sites excluding steroid dienone is 1. The van der Waals surface area contributed by atoms with Gasteiger partial charge in [-0.25, -0.2) is 0 Å². The first-order valence-corrected chi connectivity index (χ1v) is 10.1. The van der Waals surface area contributed by atoms with E-state index in [1.165, 1.54) is 13.0 Å². The van der Waals surface area contributed by atoms with Crippen LogP contribution in [-0.2, 0) is 11.4 Å². The normalized spacial score (nSPS) is 15.7. The number of hydrogen-bond donors (Lipinski definition) is 2. The van der Waals surface area contributed by atoms with E-state index in [0.29, 0.717) is 23.6 Å². The molecule has 1 aliphatic heterocycles. The predicted octanol–water partition coefficient (Wildman–Crippen LogP) is 3.95. The van der Waals surface area contributed by atoms with Crippen molar-refractivity contribution in [2.75, 3.05) is 6.61 Å². The van der Waals surface area contributed by atoms with E-state index in [2.05, 4.69) is 10.6 Å². The summed E-state index contributed by atoms with van der Waals surface area (Å²) in [6.45, 7) is 5.50. The molecular weight excluding hydrogens is 418 g/mol. The summed E-state index contributed by atoms with van der Waals surface area (Å²) >= 11 is 5.22. The Bertz CT molecular complexity index is 1050. The zero-order valence-electron chi connectivity index (χ0n) is 17.4. The fraction of sp³-hybridized carbons (Fsp3) is 0.273. The number of Topliss-reactive ketones (excluding diaryl/α,β-unsaturated/α-hetero) is 1. The number of nitrogens with zero attached hydrogens (tertiary/aromatic N) is 1. The van der Waals surface area contributed by atoms with Gasteiger partial charge in [-0.3, -0.25) is 14.9 Å². The number of benzene rings is 2. The molecule has 0 bridgehead atoms.